The lowest BCUT2D eigenvalue weighted by molar-refractivity contribution is 0.0617. The summed E-state index contributed by atoms with van der Waals surface area (Å²) in [6, 6.07) is 0. The third-order valence-electron chi connectivity index (χ3n) is 1.66. The normalized spacial score (nSPS) is 15.0. The molecule has 0 spiro atoms. The summed E-state index contributed by atoms with van der Waals surface area (Å²) in [4.78, 5) is 0. The van der Waals surface area contributed by atoms with Gasteiger partial charge in [-0.15, -0.1) is 0 Å². The van der Waals surface area contributed by atoms with Crippen molar-refractivity contribution in [3.63, 3.8) is 0 Å². The molecule has 0 fully saturated rings. The lowest BCUT2D eigenvalue weighted by Gasteiger charge is -2.24. The van der Waals surface area contributed by atoms with Crippen molar-refractivity contribution in [3.8, 4) is 0 Å². The molecule has 0 aliphatic carbocycles. The average Bonchev–Trinajstić information content (AvgIpc) is 1.84. The van der Waals surface area contributed by atoms with Gasteiger partial charge >= 0.3 is 0 Å². The van der Waals surface area contributed by atoms with E-state index in [1.807, 2.05) is 0 Å². The molecule has 0 aliphatic rings. The Morgan fingerprint density at radius 3 is 2.18 bits per heavy atom. The number of ether oxygens (including phenoxy) is 1. The van der Waals surface area contributed by atoms with E-state index >= 15 is 0 Å². The smallest absolute Gasteiger partial charge is 0.0588 e. The van der Waals surface area contributed by atoms with E-state index < -0.39 is 0 Å². The van der Waals surface area contributed by atoms with Crippen molar-refractivity contribution in [1.29, 1.82) is 0 Å². The van der Waals surface area contributed by atoms with E-state index in [-0.39, 0.29) is 0 Å². The van der Waals surface area contributed by atoms with Gasteiger partial charge in [0.25, 0.3) is 0 Å². The van der Waals surface area contributed by atoms with E-state index in [0.717, 1.165) is 12.8 Å². The minimum absolute atomic E-state index is 0.333. The fourth-order valence-corrected chi connectivity index (χ4v) is 1.17. The highest BCUT2D eigenvalue weighted by Crippen LogP contribution is 2.23. The summed E-state index contributed by atoms with van der Waals surface area (Å²) in [6.45, 7) is 7.37. The van der Waals surface area contributed by atoms with Gasteiger partial charge in [-0.3, -0.25) is 0 Å². The first-order chi connectivity index (χ1) is 4.99. The summed E-state index contributed by atoms with van der Waals surface area (Å²) < 4.78 is 5.29. The highest BCUT2D eigenvalue weighted by atomic mass is 16.5. The first-order valence-corrected chi connectivity index (χ1v) is 4.22. The molecule has 0 amide bonds. The van der Waals surface area contributed by atoms with E-state index in [2.05, 4.69) is 20.8 Å². The van der Waals surface area contributed by atoms with Crippen LogP contribution in [0.3, 0.4) is 0 Å². The summed E-state index contributed by atoms with van der Waals surface area (Å²) >= 11 is 0. The summed E-state index contributed by atoms with van der Waals surface area (Å²) in [5, 5.41) is 0. The zero-order valence-electron chi connectivity index (χ0n) is 8.18. The van der Waals surface area contributed by atoms with E-state index in [1.54, 1.807) is 7.11 Å². The first-order valence-electron chi connectivity index (χ1n) is 4.22. The van der Waals surface area contributed by atoms with E-state index in [0.29, 0.717) is 18.1 Å². The molecule has 0 aromatic heterocycles. The Hall–Kier alpha value is -0.0800. The molecule has 0 saturated heterocycles. The van der Waals surface area contributed by atoms with Crippen LogP contribution in [0.5, 0.6) is 0 Å². The van der Waals surface area contributed by atoms with Crippen molar-refractivity contribution in [1.82, 2.24) is 0 Å². The van der Waals surface area contributed by atoms with Gasteiger partial charge in [0.15, 0.2) is 0 Å². The fraction of sp³-hybridized carbons (Fsp3) is 1.00. The third kappa shape index (κ3) is 6.32. The topological polar surface area (TPSA) is 35.2 Å². The van der Waals surface area contributed by atoms with Crippen LogP contribution in [-0.4, -0.2) is 19.8 Å². The predicted octanol–water partition coefficient (Wildman–Crippen LogP) is 1.79. The third-order valence-corrected chi connectivity index (χ3v) is 1.66. The maximum Gasteiger partial charge on any atom is 0.0588 e. The number of rotatable bonds is 4. The monoisotopic (exact) mass is 159 g/mol. The molecular formula is C9H21NO. The molecule has 2 heteroatoms. The van der Waals surface area contributed by atoms with Crippen molar-refractivity contribution in [3.05, 3.63) is 0 Å². The Morgan fingerprint density at radius 2 is 1.91 bits per heavy atom. The molecule has 0 aromatic carbocycles. The van der Waals surface area contributed by atoms with Gasteiger partial charge < -0.3 is 10.5 Å². The number of hydrogen-bond donors (Lipinski definition) is 1. The second-order valence-electron chi connectivity index (χ2n) is 4.20. The summed E-state index contributed by atoms with van der Waals surface area (Å²) in [6.07, 6.45) is 2.38. The van der Waals surface area contributed by atoms with Crippen molar-refractivity contribution < 1.29 is 4.74 Å². The SMILES string of the molecule is COC(CCN)CC(C)(C)C. The van der Waals surface area contributed by atoms with Gasteiger partial charge in [0.1, 0.15) is 0 Å². The zero-order chi connectivity index (χ0) is 8.91. The summed E-state index contributed by atoms with van der Waals surface area (Å²) in [5.74, 6) is 0. The molecule has 0 bridgehead atoms. The van der Waals surface area contributed by atoms with Gasteiger partial charge in [-0.1, -0.05) is 20.8 Å². The molecule has 0 saturated carbocycles. The van der Waals surface area contributed by atoms with Crippen LogP contribution in [0.1, 0.15) is 33.6 Å². The number of methoxy groups -OCH3 is 1. The maximum absolute atomic E-state index is 5.44. The second kappa shape index (κ2) is 4.73. The van der Waals surface area contributed by atoms with E-state index in [4.69, 9.17) is 10.5 Å². The molecule has 2 nitrogen and oxygen atoms in total. The minimum atomic E-state index is 0.333. The standard InChI is InChI=1S/C9H21NO/c1-9(2,3)7-8(11-4)5-6-10/h8H,5-7,10H2,1-4H3. The molecule has 2 N–H and O–H groups in total. The molecule has 0 radical (unpaired) electrons. The molecule has 0 heterocycles. The Labute approximate surface area is 70.1 Å². The van der Waals surface area contributed by atoms with Crippen LogP contribution < -0.4 is 5.73 Å². The van der Waals surface area contributed by atoms with Crippen LogP contribution in [0.15, 0.2) is 0 Å². The number of hydrogen-bond acceptors (Lipinski definition) is 2. The van der Waals surface area contributed by atoms with Crippen molar-refractivity contribution in [2.75, 3.05) is 13.7 Å². The van der Waals surface area contributed by atoms with Crippen LogP contribution in [0.4, 0.5) is 0 Å². The highest BCUT2D eigenvalue weighted by Gasteiger charge is 2.17. The van der Waals surface area contributed by atoms with Crippen LogP contribution in [-0.2, 0) is 4.74 Å². The first kappa shape index (κ1) is 10.9. The zero-order valence-corrected chi connectivity index (χ0v) is 8.18. The molecule has 0 rings (SSSR count). The van der Waals surface area contributed by atoms with Crippen LogP contribution in [0.25, 0.3) is 0 Å². The largest absolute Gasteiger partial charge is 0.381 e. The molecule has 11 heavy (non-hydrogen) atoms. The predicted molar refractivity (Wildman–Crippen MR) is 48.5 cm³/mol. The molecule has 1 unspecified atom stereocenters. The second-order valence-corrected chi connectivity index (χ2v) is 4.20. The van der Waals surface area contributed by atoms with Crippen LogP contribution in [0, 0.1) is 5.41 Å². The lowest BCUT2D eigenvalue weighted by Crippen LogP contribution is -2.22. The highest BCUT2D eigenvalue weighted by molar-refractivity contribution is 4.69. The molecule has 1 atom stereocenters. The Balaban J connectivity index is 3.68. The Morgan fingerprint density at radius 1 is 1.36 bits per heavy atom. The van der Waals surface area contributed by atoms with Gasteiger partial charge in [-0.25, -0.2) is 0 Å². The Bertz CT molecular complexity index is 96.2. The van der Waals surface area contributed by atoms with Crippen LogP contribution >= 0.6 is 0 Å². The van der Waals surface area contributed by atoms with Gasteiger partial charge in [0.2, 0.25) is 0 Å². The Kier molecular flexibility index (Phi) is 4.69. The van der Waals surface area contributed by atoms with Crippen molar-refractivity contribution >= 4 is 0 Å². The van der Waals surface area contributed by atoms with Crippen molar-refractivity contribution in [2.24, 2.45) is 11.1 Å². The number of nitrogens with two attached hydrogens (primary N) is 1. The molecule has 0 aliphatic heterocycles. The average molecular weight is 159 g/mol. The minimum Gasteiger partial charge on any atom is -0.381 e. The van der Waals surface area contributed by atoms with Gasteiger partial charge in [0.05, 0.1) is 6.10 Å². The molecule has 0 aromatic rings. The van der Waals surface area contributed by atoms with Gasteiger partial charge in [-0.2, -0.15) is 0 Å². The molecule has 68 valence electrons. The maximum atomic E-state index is 5.44. The lowest BCUT2D eigenvalue weighted by atomic mass is 9.88. The molecular weight excluding hydrogens is 138 g/mol. The summed E-state index contributed by atoms with van der Waals surface area (Å²) in [5.41, 5.74) is 5.79. The van der Waals surface area contributed by atoms with E-state index in [1.165, 1.54) is 0 Å². The summed E-state index contributed by atoms with van der Waals surface area (Å²) in [7, 11) is 1.76. The van der Waals surface area contributed by atoms with E-state index in [9.17, 15) is 0 Å². The quantitative estimate of drug-likeness (QED) is 0.678. The van der Waals surface area contributed by atoms with Gasteiger partial charge in [0, 0.05) is 7.11 Å². The van der Waals surface area contributed by atoms with Gasteiger partial charge in [-0.05, 0) is 24.8 Å². The fourth-order valence-electron chi connectivity index (χ4n) is 1.17. The van der Waals surface area contributed by atoms with Crippen LogP contribution in [0.2, 0.25) is 0 Å². The van der Waals surface area contributed by atoms with Crippen molar-refractivity contribution in [2.45, 2.75) is 39.7 Å².